The molecular weight excluding hydrogens is 398 g/mol. The first-order valence-corrected chi connectivity index (χ1v) is 12.1. The van der Waals surface area contributed by atoms with Gasteiger partial charge in [0.25, 0.3) is 0 Å². The van der Waals surface area contributed by atoms with Crippen LogP contribution >= 0.6 is 0 Å². The molecule has 1 saturated heterocycles. The molecule has 0 atom stereocenters. The van der Waals surface area contributed by atoms with Crippen molar-refractivity contribution in [1.29, 1.82) is 0 Å². The van der Waals surface area contributed by atoms with Crippen molar-refractivity contribution in [3.05, 3.63) is 71.8 Å². The predicted octanol–water partition coefficient (Wildman–Crippen LogP) is 4.83. The molecule has 0 aromatic heterocycles. The van der Waals surface area contributed by atoms with Crippen LogP contribution in [0.1, 0.15) is 68.4 Å². The van der Waals surface area contributed by atoms with Crippen LogP contribution in [0.25, 0.3) is 0 Å². The van der Waals surface area contributed by atoms with Crippen molar-refractivity contribution in [1.82, 2.24) is 15.5 Å². The van der Waals surface area contributed by atoms with Gasteiger partial charge < -0.3 is 15.5 Å². The van der Waals surface area contributed by atoms with Crippen LogP contribution in [0.2, 0.25) is 0 Å². The van der Waals surface area contributed by atoms with Gasteiger partial charge in [0.2, 0.25) is 5.91 Å². The molecule has 2 aromatic carbocycles. The summed E-state index contributed by atoms with van der Waals surface area (Å²) in [6, 6.07) is 21.0. The summed E-state index contributed by atoms with van der Waals surface area (Å²) in [5.41, 5.74) is 2.34. The Morgan fingerprint density at radius 1 is 0.750 bits per heavy atom. The first-order chi connectivity index (χ1) is 15.7. The molecule has 2 fully saturated rings. The number of nitrogens with one attached hydrogen (secondary N) is 2. The third kappa shape index (κ3) is 6.12. The maximum absolute atomic E-state index is 13.2. The fraction of sp³-hybridized carbons (Fsp3) is 0.481. The van der Waals surface area contributed by atoms with Gasteiger partial charge in [0.05, 0.1) is 0 Å². The average Bonchev–Trinajstić information content (AvgIpc) is 2.84. The highest BCUT2D eigenvalue weighted by molar-refractivity contribution is 5.78. The summed E-state index contributed by atoms with van der Waals surface area (Å²) in [7, 11) is 0. The molecule has 1 heterocycles. The van der Waals surface area contributed by atoms with E-state index < -0.39 is 0 Å². The lowest BCUT2D eigenvalue weighted by atomic mass is 9.88. The van der Waals surface area contributed by atoms with Crippen LogP contribution in [0.4, 0.5) is 4.79 Å². The molecule has 2 N–H and O–H groups in total. The first-order valence-electron chi connectivity index (χ1n) is 12.1. The molecule has 0 unspecified atom stereocenters. The van der Waals surface area contributed by atoms with E-state index in [4.69, 9.17) is 0 Å². The van der Waals surface area contributed by atoms with Crippen molar-refractivity contribution >= 4 is 11.9 Å². The highest BCUT2D eigenvalue weighted by Crippen LogP contribution is 2.29. The molecule has 1 aliphatic carbocycles. The largest absolute Gasteiger partial charge is 0.343 e. The van der Waals surface area contributed by atoms with Crippen LogP contribution < -0.4 is 10.6 Å². The van der Waals surface area contributed by atoms with Crippen molar-refractivity contribution in [2.75, 3.05) is 13.1 Å². The molecule has 32 heavy (non-hydrogen) atoms. The van der Waals surface area contributed by atoms with Gasteiger partial charge in [0.1, 0.15) is 0 Å². The lowest BCUT2D eigenvalue weighted by molar-refractivity contribution is -0.132. The van der Waals surface area contributed by atoms with Crippen LogP contribution in [0.5, 0.6) is 0 Å². The topological polar surface area (TPSA) is 61.4 Å². The van der Waals surface area contributed by atoms with Crippen LogP contribution in [0, 0.1) is 0 Å². The predicted molar refractivity (Wildman–Crippen MR) is 127 cm³/mol. The van der Waals surface area contributed by atoms with E-state index in [0.717, 1.165) is 25.7 Å². The van der Waals surface area contributed by atoms with Gasteiger partial charge in [-0.25, -0.2) is 4.79 Å². The molecule has 4 rings (SSSR count). The van der Waals surface area contributed by atoms with Gasteiger partial charge >= 0.3 is 6.03 Å². The molecule has 170 valence electrons. The second-order valence-electron chi connectivity index (χ2n) is 9.19. The molecule has 0 bridgehead atoms. The molecule has 0 radical (unpaired) electrons. The molecule has 0 spiro atoms. The van der Waals surface area contributed by atoms with Crippen molar-refractivity contribution in [3.8, 4) is 0 Å². The summed E-state index contributed by atoms with van der Waals surface area (Å²) < 4.78 is 0. The number of nitrogens with zero attached hydrogens (tertiary/aromatic N) is 1. The summed E-state index contributed by atoms with van der Waals surface area (Å²) in [4.78, 5) is 27.5. The van der Waals surface area contributed by atoms with Crippen LogP contribution in [0.3, 0.4) is 0 Å². The van der Waals surface area contributed by atoms with E-state index in [1.807, 2.05) is 41.3 Å². The van der Waals surface area contributed by atoms with Gasteiger partial charge in [0.15, 0.2) is 0 Å². The number of carbonyl (C=O) groups is 2. The number of piperidine rings is 1. The summed E-state index contributed by atoms with van der Waals surface area (Å²) in [5.74, 6) is 0.245. The minimum Gasteiger partial charge on any atom is -0.343 e. The standard InChI is InChI=1S/C27H35N3O2/c31-26(20-25(21-10-4-1-5-11-21)22-12-6-2-7-13-22)30-18-16-24(17-19-30)29-27(32)28-23-14-8-3-9-15-23/h1-2,4-7,10-13,23-25H,3,8-9,14-20H2,(H2,28,29,32). The van der Waals surface area contributed by atoms with Crippen LogP contribution in [-0.4, -0.2) is 42.0 Å². The first kappa shape index (κ1) is 22.4. The third-order valence-corrected chi connectivity index (χ3v) is 6.91. The quantitative estimate of drug-likeness (QED) is 0.685. The SMILES string of the molecule is O=C(NC1CCCCC1)NC1CCN(C(=O)CC(c2ccccc2)c2ccccc2)CC1. The fourth-order valence-corrected chi connectivity index (χ4v) is 5.04. The Morgan fingerprint density at radius 2 is 1.25 bits per heavy atom. The van der Waals surface area contributed by atoms with Gasteiger partial charge in [-0.1, -0.05) is 79.9 Å². The summed E-state index contributed by atoms with van der Waals surface area (Å²) in [6.45, 7) is 1.40. The molecule has 2 aromatic rings. The number of hydrogen-bond donors (Lipinski definition) is 2. The second kappa shape index (κ2) is 11.2. The van der Waals surface area contributed by atoms with Gasteiger partial charge in [-0.2, -0.15) is 0 Å². The molecule has 3 amide bonds. The van der Waals surface area contributed by atoms with Crippen LogP contribution in [0.15, 0.2) is 60.7 Å². The Labute approximate surface area is 191 Å². The minimum absolute atomic E-state index is 0.0464. The van der Waals surface area contributed by atoms with E-state index in [0.29, 0.717) is 25.6 Å². The van der Waals surface area contributed by atoms with Crippen LogP contribution in [-0.2, 0) is 4.79 Å². The van der Waals surface area contributed by atoms with E-state index in [2.05, 4.69) is 34.9 Å². The van der Waals surface area contributed by atoms with E-state index in [-0.39, 0.29) is 23.9 Å². The van der Waals surface area contributed by atoms with Crippen molar-refractivity contribution in [3.63, 3.8) is 0 Å². The van der Waals surface area contributed by atoms with Gasteiger partial charge in [0, 0.05) is 37.5 Å². The molecule has 1 saturated carbocycles. The van der Waals surface area contributed by atoms with E-state index in [1.165, 1.54) is 30.4 Å². The highest BCUT2D eigenvalue weighted by Gasteiger charge is 2.27. The molecule has 2 aliphatic rings. The summed E-state index contributed by atoms with van der Waals surface area (Å²) in [6.07, 6.45) is 7.96. The number of likely N-dealkylation sites (tertiary alicyclic amines) is 1. The summed E-state index contributed by atoms with van der Waals surface area (Å²) >= 11 is 0. The average molecular weight is 434 g/mol. The monoisotopic (exact) mass is 433 g/mol. The Hall–Kier alpha value is -2.82. The van der Waals surface area contributed by atoms with Crippen molar-refractivity contribution < 1.29 is 9.59 Å². The molecule has 5 nitrogen and oxygen atoms in total. The Bertz CT molecular complexity index is 817. The van der Waals surface area contributed by atoms with Crippen molar-refractivity contribution in [2.45, 2.75) is 69.4 Å². The number of benzene rings is 2. The maximum atomic E-state index is 13.2. The Kier molecular flexibility index (Phi) is 7.81. The number of hydrogen-bond acceptors (Lipinski definition) is 2. The normalized spacial score (nSPS) is 17.8. The summed E-state index contributed by atoms with van der Waals surface area (Å²) in [5, 5.41) is 6.26. The van der Waals surface area contributed by atoms with Gasteiger partial charge in [-0.3, -0.25) is 4.79 Å². The lowest BCUT2D eigenvalue weighted by Crippen LogP contribution is -2.51. The van der Waals surface area contributed by atoms with Gasteiger partial charge in [-0.15, -0.1) is 0 Å². The van der Waals surface area contributed by atoms with Crippen molar-refractivity contribution in [2.24, 2.45) is 0 Å². The molecule has 5 heteroatoms. The zero-order valence-corrected chi connectivity index (χ0v) is 18.8. The zero-order chi connectivity index (χ0) is 22.2. The second-order valence-corrected chi connectivity index (χ2v) is 9.19. The highest BCUT2D eigenvalue weighted by atomic mass is 16.2. The Balaban J connectivity index is 1.29. The zero-order valence-electron chi connectivity index (χ0n) is 18.8. The number of carbonyl (C=O) groups excluding carboxylic acids is 2. The van der Waals surface area contributed by atoms with E-state index in [1.54, 1.807) is 0 Å². The number of rotatable bonds is 6. The molecular formula is C27H35N3O2. The maximum Gasteiger partial charge on any atom is 0.315 e. The number of urea groups is 1. The Morgan fingerprint density at radius 3 is 1.78 bits per heavy atom. The van der Waals surface area contributed by atoms with E-state index in [9.17, 15) is 9.59 Å². The smallest absolute Gasteiger partial charge is 0.315 e. The van der Waals surface area contributed by atoms with E-state index >= 15 is 0 Å². The lowest BCUT2D eigenvalue weighted by Gasteiger charge is -2.34. The van der Waals surface area contributed by atoms with Gasteiger partial charge in [-0.05, 0) is 36.8 Å². The minimum atomic E-state index is -0.0464. The number of amides is 3. The third-order valence-electron chi connectivity index (χ3n) is 6.91. The molecule has 1 aliphatic heterocycles. The fourth-order valence-electron chi connectivity index (χ4n) is 5.04.